The van der Waals surface area contributed by atoms with Gasteiger partial charge in [-0.25, -0.2) is 4.98 Å². The largest absolute Gasteiger partial charge is 0.321 e. The van der Waals surface area contributed by atoms with Crippen LogP contribution in [-0.2, 0) is 9.59 Å². The second-order valence-corrected chi connectivity index (χ2v) is 8.38. The van der Waals surface area contributed by atoms with Gasteiger partial charge in [-0.05, 0) is 43.2 Å². The van der Waals surface area contributed by atoms with Crippen LogP contribution < -0.4 is 16.0 Å². The number of thiophene rings is 1. The molecule has 4 rings (SSSR count). The minimum Gasteiger partial charge on any atom is -0.321 e. The molecule has 138 valence electrons. The molecule has 3 aromatic rings. The summed E-state index contributed by atoms with van der Waals surface area (Å²) in [7, 11) is 0. The summed E-state index contributed by atoms with van der Waals surface area (Å²) < 4.78 is 0.861. The molecule has 0 atom stereocenters. The molecule has 7 nitrogen and oxygen atoms in total. The molecule has 1 aliphatic rings. The highest BCUT2D eigenvalue weighted by Crippen LogP contribution is 2.32. The molecule has 9 heteroatoms. The molecule has 0 unspecified atom stereocenters. The molecule has 2 heterocycles. The summed E-state index contributed by atoms with van der Waals surface area (Å²) in [5, 5.41) is 9.55. The van der Waals surface area contributed by atoms with Gasteiger partial charge in [-0.3, -0.25) is 14.4 Å². The number of fused-ring (bicyclic) bond motifs is 1. The van der Waals surface area contributed by atoms with Crippen LogP contribution in [0.15, 0.2) is 30.3 Å². The quantitative estimate of drug-likeness (QED) is 0.604. The SMILES string of the molecule is CC(=O)Nc1nc2ccc(NC(=O)c3ccc(NC(=O)C4CC4)s3)cc2s1. The van der Waals surface area contributed by atoms with Gasteiger partial charge >= 0.3 is 0 Å². The van der Waals surface area contributed by atoms with E-state index in [1.165, 1.54) is 29.6 Å². The zero-order valence-corrected chi connectivity index (χ0v) is 16.0. The smallest absolute Gasteiger partial charge is 0.265 e. The fourth-order valence-corrected chi connectivity index (χ4v) is 4.25. The molecular weight excluding hydrogens is 384 g/mol. The first-order chi connectivity index (χ1) is 13.0. The minimum atomic E-state index is -0.238. The Morgan fingerprint density at radius 2 is 1.85 bits per heavy atom. The van der Waals surface area contributed by atoms with E-state index in [1.54, 1.807) is 24.3 Å². The molecule has 0 saturated heterocycles. The van der Waals surface area contributed by atoms with Gasteiger partial charge < -0.3 is 16.0 Å². The van der Waals surface area contributed by atoms with Crippen molar-refractivity contribution in [3.8, 4) is 0 Å². The van der Waals surface area contributed by atoms with E-state index < -0.39 is 0 Å². The normalized spacial score (nSPS) is 13.4. The zero-order chi connectivity index (χ0) is 19.0. The number of carbonyl (C=O) groups is 3. The standard InChI is InChI=1S/C18H16N4O3S2/c1-9(23)19-18-21-12-5-4-11(8-14(12)27-18)20-17(25)13-6-7-15(26-13)22-16(24)10-2-3-10/h4-8,10H,2-3H2,1H3,(H,20,25)(H,22,24)(H,19,21,23). The molecule has 27 heavy (non-hydrogen) atoms. The van der Waals surface area contributed by atoms with Crippen molar-refractivity contribution in [1.29, 1.82) is 0 Å². The third kappa shape index (κ3) is 4.15. The lowest BCUT2D eigenvalue weighted by molar-refractivity contribution is -0.117. The van der Waals surface area contributed by atoms with Gasteiger partial charge in [0.25, 0.3) is 5.91 Å². The van der Waals surface area contributed by atoms with Crippen LogP contribution in [0.1, 0.15) is 29.4 Å². The van der Waals surface area contributed by atoms with Crippen molar-refractivity contribution in [2.75, 3.05) is 16.0 Å². The van der Waals surface area contributed by atoms with Crippen LogP contribution in [0.3, 0.4) is 0 Å². The van der Waals surface area contributed by atoms with E-state index in [4.69, 9.17) is 0 Å². The molecule has 1 saturated carbocycles. The lowest BCUT2D eigenvalue weighted by atomic mass is 10.3. The van der Waals surface area contributed by atoms with Crippen molar-refractivity contribution < 1.29 is 14.4 Å². The first kappa shape index (κ1) is 17.6. The number of carbonyl (C=O) groups excluding carboxylic acids is 3. The monoisotopic (exact) mass is 400 g/mol. The van der Waals surface area contributed by atoms with Gasteiger partial charge in [-0.15, -0.1) is 11.3 Å². The molecule has 1 aliphatic carbocycles. The van der Waals surface area contributed by atoms with Crippen LogP contribution in [-0.4, -0.2) is 22.7 Å². The maximum Gasteiger partial charge on any atom is 0.265 e. The average Bonchev–Trinajstić information content (AvgIpc) is 3.24. The second-order valence-electron chi connectivity index (χ2n) is 6.26. The Bertz CT molecular complexity index is 1050. The van der Waals surface area contributed by atoms with Crippen molar-refractivity contribution in [2.45, 2.75) is 19.8 Å². The Balaban J connectivity index is 1.44. The first-order valence-electron chi connectivity index (χ1n) is 8.38. The second kappa shape index (κ2) is 7.09. The van der Waals surface area contributed by atoms with E-state index in [2.05, 4.69) is 20.9 Å². The summed E-state index contributed by atoms with van der Waals surface area (Å²) in [6, 6.07) is 8.82. The van der Waals surface area contributed by atoms with Gasteiger partial charge in [0, 0.05) is 18.5 Å². The van der Waals surface area contributed by atoms with Gasteiger partial charge in [-0.1, -0.05) is 11.3 Å². The summed E-state index contributed by atoms with van der Waals surface area (Å²) in [6.45, 7) is 1.43. The molecular formula is C18H16N4O3S2. The first-order valence-corrected chi connectivity index (χ1v) is 10.0. The number of hydrogen-bond acceptors (Lipinski definition) is 6. The van der Waals surface area contributed by atoms with E-state index >= 15 is 0 Å². The number of rotatable bonds is 5. The van der Waals surface area contributed by atoms with Gasteiger partial charge in [0.05, 0.1) is 20.1 Å². The molecule has 0 spiro atoms. The molecule has 3 N–H and O–H groups in total. The van der Waals surface area contributed by atoms with Crippen molar-refractivity contribution in [1.82, 2.24) is 4.98 Å². The minimum absolute atomic E-state index is 0.0226. The van der Waals surface area contributed by atoms with Crippen molar-refractivity contribution in [3.05, 3.63) is 35.2 Å². The maximum atomic E-state index is 12.5. The van der Waals surface area contributed by atoms with Crippen LogP contribution in [0.2, 0.25) is 0 Å². The molecule has 2 aromatic heterocycles. The zero-order valence-electron chi connectivity index (χ0n) is 14.4. The Labute approximate surface area is 162 Å². The van der Waals surface area contributed by atoms with Crippen molar-refractivity contribution >= 4 is 66.4 Å². The van der Waals surface area contributed by atoms with E-state index in [-0.39, 0.29) is 23.6 Å². The number of nitrogens with zero attached hydrogens (tertiary/aromatic N) is 1. The fourth-order valence-electron chi connectivity index (χ4n) is 2.50. The number of hydrogen-bond donors (Lipinski definition) is 3. The summed E-state index contributed by atoms with van der Waals surface area (Å²) in [6.07, 6.45) is 1.88. The van der Waals surface area contributed by atoms with Crippen LogP contribution >= 0.6 is 22.7 Å². The summed E-state index contributed by atoms with van der Waals surface area (Å²) >= 11 is 2.59. The van der Waals surface area contributed by atoms with E-state index in [1.807, 2.05) is 6.07 Å². The highest BCUT2D eigenvalue weighted by Gasteiger charge is 2.29. The number of thiazole rings is 1. The number of benzene rings is 1. The molecule has 3 amide bonds. The highest BCUT2D eigenvalue weighted by atomic mass is 32.1. The van der Waals surface area contributed by atoms with E-state index in [0.717, 1.165) is 23.1 Å². The van der Waals surface area contributed by atoms with E-state index in [9.17, 15) is 14.4 Å². The fraction of sp³-hybridized carbons (Fsp3) is 0.222. The molecule has 1 aromatic carbocycles. The van der Waals surface area contributed by atoms with Crippen molar-refractivity contribution in [2.24, 2.45) is 5.92 Å². The number of nitrogens with one attached hydrogen (secondary N) is 3. The third-order valence-electron chi connectivity index (χ3n) is 3.95. The highest BCUT2D eigenvalue weighted by molar-refractivity contribution is 7.22. The van der Waals surface area contributed by atoms with Gasteiger partial charge in [-0.2, -0.15) is 0 Å². The molecule has 0 aliphatic heterocycles. The summed E-state index contributed by atoms with van der Waals surface area (Å²) in [5.74, 6) is -0.268. The van der Waals surface area contributed by atoms with Gasteiger partial charge in [0.2, 0.25) is 11.8 Å². The Morgan fingerprint density at radius 3 is 2.59 bits per heavy atom. The number of amides is 3. The topological polar surface area (TPSA) is 100 Å². The van der Waals surface area contributed by atoms with Crippen LogP contribution in [0.4, 0.5) is 15.8 Å². The third-order valence-corrected chi connectivity index (χ3v) is 5.89. The van der Waals surface area contributed by atoms with Crippen molar-refractivity contribution in [3.63, 3.8) is 0 Å². The maximum absolute atomic E-state index is 12.5. The Kier molecular flexibility index (Phi) is 4.63. The van der Waals surface area contributed by atoms with Gasteiger partial charge in [0.15, 0.2) is 5.13 Å². The lowest BCUT2D eigenvalue weighted by Gasteiger charge is -2.03. The Morgan fingerprint density at radius 1 is 1.04 bits per heavy atom. The van der Waals surface area contributed by atoms with Crippen LogP contribution in [0.5, 0.6) is 0 Å². The number of aromatic nitrogens is 1. The predicted octanol–water partition coefficient (Wildman–Crippen LogP) is 3.92. The lowest BCUT2D eigenvalue weighted by Crippen LogP contribution is -2.12. The number of anilines is 3. The van der Waals surface area contributed by atoms with E-state index in [0.29, 0.717) is 20.7 Å². The molecule has 0 bridgehead atoms. The predicted molar refractivity (Wildman–Crippen MR) is 108 cm³/mol. The average molecular weight is 400 g/mol. The van der Waals surface area contributed by atoms with Crippen LogP contribution in [0, 0.1) is 5.92 Å². The molecule has 1 fully saturated rings. The Hall–Kier alpha value is -2.78. The van der Waals surface area contributed by atoms with Gasteiger partial charge in [0.1, 0.15) is 0 Å². The summed E-state index contributed by atoms with van der Waals surface area (Å²) in [4.78, 5) is 40.2. The summed E-state index contributed by atoms with van der Waals surface area (Å²) in [5.41, 5.74) is 1.39. The van der Waals surface area contributed by atoms with Crippen LogP contribution in [0.25, 0.3) is 10.2 Å². The molecule has 0 radical (unpaired) electrons.